The highest BCUT2D eigenvalue weighted by molar-refractivity contribution is 5.92. The molecule has 0 N–H and O–H groups in total. The molecule has 0 radical (unpaired) electrons. The minimum atomic E-state index is -0.286. The van der Waals surface area contributed by atoms with Crippen LogP contribution in [0.5, 0.6) is 0 Å². The molecule has 1 atom stereocenters. The SMILES string of the molecule is CCCCC[C@@H]1C(C(=O)OCC)=CN2C(=O)CCN12. The number of carbonyl (C=O) groups excluding carboxylic acids is 2. The molecule has 106 valence electrons. The number of fused-ring (bicyclic) bond motifs is 1. The van der Waals surface area contributed by atoms with E-state index in [-0.39, 0.29) is 17.9 Å². The van der Waals surface area contributed by atoms with Gasteiger partial charge in [0.05, 0.1) is 18.2 Å². The second-order valence-electron chi connectivity index (χ2n) is 4.97. The Labute approximate surface area is 114 Å². The summed E-state index contributed by atoms with van der Waals surface area (Å²) in [4.78, 5) is 23.7. The van der Waals surface area contributed by atoms with Crippen LogP contribution in [0.15, 0.2) is 11.8 Å². The molecule has 0 aliphatic carbocycles. The first-order chi connectivity index (χ1) is 9.19. The van der Waals surface area contributed by atoms with E-state index in [0.29, 0.717) is 25.1 Å². The summed E-state index contributed by atoms with van der Waals surface area (Å²) in [6, 6.07) is 0.0112. The molecule has 0 unspecified atom stereocenters. The van der Waals surface area contributed by atoms with Gasteiger partial charge >= 0.3 is 5.97 Å². The Morgan fingerprint density at radius 2 is 2.21 bits per heavy atom. The van der Waals surface area contributed by atoms with Gasteiger partial charge in [-0.1, -0.05) is 26.2 Å². The topological polar surface area (TPSA) is 49.9 Å². The molecule has 19 heavy (non-hydrogen) atoms. The number of esters is 1. The van der Waals surface area contributed by atoms with Crippen molar-refractivity contribution in [3.63, 3.8) is 0 Å². The van der Waals surface area contributed by atoms with E-state index in [4.69, 9.17) is 4.74 Å². The Hall–Kier alpha value is -1.36. The van der Waals surface area contributed by atoms with E-state index in [1.54, 1.807) is 18.1 Å². The van der Waals surface area contributed by atoms with Crippen LogP contribution < -0.4 is 0 Å². The lowest BCUT2D eigenvalue weighted by Gasteiger charge is -2.25. The van der Waals surface area contributed by atoms with Crippen molar-refractivity contribution in [1.29, 1.82) is 0 Å². The molecule has 2 aliphatic rings. The summed E-state index contributed by atoms with van der Waals surface area (Å²) in [5, 5.41) is 3.60. The number of amides is 1. The average Bonchev–Trinajstić information content (AvgIpc) is 2.92. The number of unbranched alkanes of at least 4 members (excludes halogenated alkanes) is 2. The molecule has 5 nitrogen and oxygen atoms in total. The third-order valence-electron chi connectivity index (χ3n) is 3.66. The minimum Gasteiger partial charge on any atom is -0.463 e. The summed E-state index contributed by atoms with van der Waals surface area (Å²) in [5.74, 6) is -0.217. The maximum Gasteiger partial charge on any atom is 0.337 e. The van der Waals surface area contributed by atoms with Crippen molar-refractivity contribution in [3.8, 4) is 0 Å². The maximum atomic E-state index is 12.0. The fraction of sp³-hybridized carbons (Fsp3) is 0.714. The summed E-state index contributed by atoms with van der Waals surface area (Å²) < 4.78 is 5.09. The van der Waals surface area contributed by atoms with E-state index in [2.05, 4.69) is 6.92 Å². The molecule has 1 saturated heterocycles. The summed E-state index contributed by atoms with van der Waals surface area (Å²) in [7, 11) is 0. The van der Waals surface area contributed by atoms with Crippen molar-refractivity contribution in [2.75, 3.05) is 13.2 Å². The van der Waals surface area contributed by atoms with Crippen molar-refractivity contribution in [2.24, 2.45) is 0 Å². The lowest BCUT2D eigenvalue weighted by Crippen LogP contribution is -2.38. The highest BCUT2D eigenvalue weighted by Gasteiger charge is 2.42. The van der Waals surface area contributed by atoms with Crippen molar-refractivity contribution in [2.45, 2.75) is 52.0 Å². The Kier molecular flexibility index (Phi) is 4.58. The van der Waals surface area contributed by atoms with Crippen LogP contribution in [0, 0.1) is 0 Å². The Morgan fingerprint density at radius 1 is 1.42 bits per heavy atom. The molecule has 2 heterocycles. The Balaban J connectivity index is 2.09. The maximum absolute atomic E-state index is 12.0. The number of ether oxygens (including phenoxy) is 1. The van der Waals surface area contributed by atoms with Gasteiger partial charge < -0.3 is 4.74 Å². The van der Waals surface area contributed by atoms with Gasteiger partial charge in [0.15, 0.2) is 0 Å². The van der Waals surface area contributed by atoms with E-state index in [1.165, 1.54) is 0 Å². The van der Waals surface area contributed by atoms with Crippen LogP contribution in [0.1, 0.15) is 46.0 Å². The molecule has 5 heteroatoms. The Bertz CT molecular complexity index is 392. The summed E-state index contributed by atoms with van der Waals surface area (Å²) in [6.07, 6.45) is 6.47. The predicted molar refractivity (Wildman–Crippen MR) is 70.8 cm³/mol. The van der Waals surface area contributed by atoms with Crippen LogP contribution in [0.2, 0.25) is 0 Å². The lowest BCUT2D eigenvalue weighted by atomic mass is 10.0. The van der Waals surface area contributed by atoms with E-state index in [9.17, 15) is 9.59 Å². The number of hydrazine groups is 1. The van der Waals surface area contributed by atoms with Gasteiger partial charge in [-0.3, -0.25) is 4.79 Å². The molecule has 0 saturated carbocycles. The van der Waals surface area contributed by atoms with E-state index in [1.807, 2.05) is 5.01 Å². The molecule has 0 aromatic carbocycles. The van der Waals surface area contributed by atoms with Crippen molar-refractivity contribution >= 4 is 11.9 Å². The van der Waals surface area contributed by atoms with Gasteiger partial charge in [-0.15, -0.1) is 0 Å². The van der Waals surface area contributed by atoms with E-state index < -0.39 is 0 Å². The molecule has 1 amide bonds. The second kappa shape index (κ2) is 6.19. The van der Waals surface area contributed by atoms with Crippen molar-refractivity contribution < 1.29 is 14.3 Å². The lowest BCUT2D eigenvalue weighted by molar-refractivity contribution is -0.139. The molecule has 0 bridgehead atoms. The van der Waals surface area contributed by atoms with Gasteiger partial charge in [0.1, 0.15) is 0 Å². The first kappa shape index (κ1) is 14.1. The number of rotatable bonds is 6. The van der Waals surface area contributed by atoms with Crippen LogP contribution in [0.25, 0.3) is 0 Å². The summed E-state index contributed by atoms with van der Waals surface area (Å²) in [5.41, 5.74) is 0.631. The molecule has 0 aromatic heterocycles. The number of nitrogens with zero attached hydrogens (tertiary/aromatic N) is 2. The molecule has 0 spiro atoms. The largest absolute Gasteiger partial charge is 0.463 e. The van der Waals surface area contributed by atoms with E-state index in [0.717, 1.165) is 25.7 Å². The van der Waals surface area contributed by atoms with Crippen LogP contribution in [0.3, 0.4) is 0 Å². The van der Waals surface area contributed by atoms with Gasteiger partial charge in [-0.2, -0.15) is 0 Å². The average molecular weight is 266 g/mol. The summed E-state index contributed by atoms with van der Waals surface area (Å²) >= 11 is 0. The predicted octanol–water partition coefficient (Wildman–Crippen LogP) is 1.85. The Morgan fingerprint density at radius 3 is 2.89 bits per heavy atom. The highest BCUT2D eigenvalue weighted by Crippen LogP contribution is 2.31. The first-order valence-corrected chi connectivity index (χ1v) is 7.16. The summed E-state index contributed by atoms with van der Waals surface area (Å²) in [6.45, 7) is 5.02. The van der Waals surface area contributed by atoms with Crippen LogP contribution in [-0.4, -0.2) is 41.1 Å². The molecular formula is C14H22N2O3. The molecule has 1 fully saturated rings. The monoisotopic (exact) mass is 266 g/mol. The molecule has 0 aromatic rings. The van der Waals surface area contributed by atoms with Crippen molar-refractivity contribution in [1.82, 2.24) is 10.0 Å². The van der Waals surface area contributed by atoms with E-state index >= 15 is 0 Å². The fourth-order valence-electron chi connectivity index (χ4n) is 2.70. The number of hydrogen-bond acceptors (Lipinski definition) is 4. The number of carbonyl (C=O) groups is 2. The first-order valence-electron chi connectivity index (χ1n) is 7.16. The normalized spacial score (nSPS) is 22.6. The molecule has 2 aliphatic heterocycles. The number of hydrogen-bond donors (Lipinski definition) is 0. The van der Waals surface area contributed by atoms with Crippen LogP contribution in [-0.2, 0) is 14.3 Å². The zero-order chi connectivity index (χ0) is 13.8. The van der Waals surface area contributed by atoms with Gasteiger partial charge in [-0.05, 0) is 13.3 Å². The third-order valence-corrected chi connectivity index (χ3v) is 3.66. The zero-order valence-corrected chi connectivity index (χ0v) is 11.7. The van der Waals surface area contributed by atoms with Crippen LogP contribution >= 0.6 is 0 Å². The standard InChI is InChI=1S/C14H22N2O3/c1-3-5-6-7-12-11(14(18)19-4-2)10-16-13(17)8-9-15(12)16/h10,12H,3-9H2,1-2H3/t12-/m1/s1. The molecular weight excluding hydrogens is 244 g/mol. The fourth-order valence-corrected chi connectivity index (χ4v) is 2.70. The van der Waals surface area contributed by atoms with Crippen molar-refractivity contribution in [3.05, 3.63) is 11.8 Å². The smallest absolute Gasteiger partial charge is 0.337 e. The zero-order valence-electron chi connectivity index (χ0n) is 11.7. The van der Waals surface area contributed by atoms with Gasteiger partial charge in [0.2, 0.25) is 5.91 Å². The third kappa shape index (κ3) is 2.81. The van der Waals surface area contributed by atoms with Gasteiger partial charge in [0, 0.05) is 19.2 Å². The highest BCUT2D eigenvalue weighted by atomic mass is 16.5. The quantitative estimate of drug-likeness (QED) is 0.544. The minimum absolute atomic E-state index is 0.0112. The second-order valence-corrected chi connectivity index (χ2v) is 4.97. The molecule has 2 rings (SSSR count). The van der Waals surface area contributed by atoms with Gasteiger partial charge in [-0.25, -0.2) is 14.8 Å². The van der Waals surface area contributed by atoms with Gasteiger partial charge in [0.25, 0.3) is 0 Å². The van der Waals surface area contributed by atoms with Crippen LogP contribution in [0.4, 0.5) is 0 Å².